The van der Waals surface area contributed by atoms with Gasteiger partial charge in [-0.05, 0) is 37.0 Å². The Hall–Kier alpha value is -3.09. The number of pyridine rings is 1. The second-order valence-corrected chi connectivity index (χ2v) is 8.22. The molecule has 158 valence electrons. The van der Waals surface area contributed by atoms with Crippen LogP contribution in [0.4, 0.5) is 0 Å². The molecule has 4 rings (SSSR count). The standard InChI is InChI=1S/C23H27N3O4/c1-14-6-4-7-18(22(14)30-3)23(29)25-12-16-10-17(13-25)20(11-24-15(2)27)26-19(16)8-5-9-21(26)28/h4-9,16-17,20H,10-13H2,1-3H3,(H,24,27)/t16-,17+,20+/m1/s1. The maximum Gasteiger partial charge on any atom is 0.257 e. The van der Waals surface area contributed by atoms with Gasteiger partial charge in [-0.3, -0.25) is 14.4 Å². The predicted octanol–water partition coefficient (Wildman–Crippen LogP) is 2.10. The van der Waals surface area contributed by atoms with E-state index in [2.05, 4.69) is 5.32 Å². The number of nitrogens with zero attached hydrogens (tertiary/aromatic N) is 2. The minimum Gasteiger partial charge on any atom is -0.496 e. The van der Waals surface area contributed by atoms with Gasteiger partial charge in [-0.2, -0.15) is 0 Å². The van der Waals surface area contributed by atoms with Gasteiger partial charge in [-0.25, -0.2) is 0 Å². The van der Waals surface area contributed by atoms with E-state index in [0.29, 0.717) is 30.9 Å². The molecule has 1 aromatic carbocycles. The first-order chi connectivity index (χ1) is 14.4. The third-order valence-electron chi connectivity index (χ3n) is 6.29. The number of carbonyl (C=O) groups excluding carboxylic acids is 2. The van der Waals surface area contributed by atoms with E-state index in [1.807, 2.05) is 34.6 Å². The Morgan fingerprint density at radius 2 is 1.93 bits per heavy atom. The van der Waals surface area contributed by atoms with Crippen LogP contribution in [0.3, 0.4) is 0 Å². The Labute approximate surface area is 175 Å². The fourth-order valence-electron chi connectivity index (χ4n) is 4.98. The maximum absolute atomic E-state index is 13.4. The minimum atomic E-state index is -0.177. The molecule has 2 aromatic rings. The zero-order valence-electron chi connectivity index (χ0n) is 17.6. The Kier molecular flexibility index (Phi) is 5.37. The molecule has 3 atom stereocenters. The molecule has 0 saturated carbocycles. The molecule has 1 fully saturated rings. The molecule has 0 radical (unpaired) electrons. The molecule has 2 aliphatic rings. The van der Waals surface area contributed by atoms with Gasteiger partial charge in [-0.1, -0.05) is 18.2 Å². The largest absolute Gasteiger partial charge is 0.496 e. The number of benzene rings is 1. The fourth-order valence-corrected chi connectivity index (χ4v) is 4.98. The summed E-state index contributed by atoms with van der Waals surface area (Å²) >= 11 is 0. The average molecular weight is 409 g/mol. The van der Waals surface area contributed by atoms with E-state index in [-0.39, 0.29) is 35.3 Å². The van der Waals surface area contributed by atoms with Gasteiger partial charge in [0.05, 0.1) is 18.7 Å². The molecule has 3 heterocycles. The number of ether oxygens (including phenoxy) is 1. The van der Waals surface area contributed by atoms with E-state index in [4.69, 9.17) is 4.74 Å². The normalized spacial score (nSPS) is 22.2. The molecule has 0 unspecified atom stereocenters. The number of carbonyl (C=O) groups is 2. The first kappa shape index (κ1) is 20.2. The molecule has 30 heavy (non-hydrogen) atoms. The van der Waals surface area contributed by atoms with Crippen LogP contribution < -0.4 is 15.6 Å². The zero-order valence-corrected chi connectivity index (χ0v) is 17.6. The molecule has 2 bridgehead atoms. The Morgan fingerprint density at radius 3 is 2.67 bits per heavy atom. The number of amides is 2. The Morgan fingerprint density at radius 1 is 1.17 bits per heavy atom. The first-order valence-corrected chi connectivity index (χ1v) is 10.3. The number of hydrogen-bond acceptors (Lipinski definition) is 4. The van der Waals surface area contributed by atoms with Crippen LogP contribution in [-0.4, -0.2) is 48.0 Å². The van der Waals surface area contributed by atoms with Gasteiger partial charge in [0.15, 0.2) is 0 Å². The number of aryl methyl sites for hydroxylation is 1. The lowest BCUT2D eigenvalue weighted by Crippen LogP contribution is -2.53. The highest BCUT2D eigenvalue weighted by Gasteiger charge is 2.42. The van der Waals surface area contributed by atoms with E-state index in [1.165, 1.54) is 6.92 Å². The van der Waals surface area contributed by atoms with Crippen molar-refractivity contribution in [1.82, 2.24) is 14.8 Å². The highest BCUT2D eigenvalue weighted by Crippen LogP contribution is 2.41. The molecule has 2 aliphatic heterocycles. The van der Waals surface area contributed by atoms with Crippen LogP contribution in [0.2, 0.25) is 0 Å². The smallest absolute Gasteiger partial charge is 0.257 e. The molecule has 7 nitrogen and oxygen atoms in total. The average Bonchev–Trinajstić information content (AvgIpc) is 2.73. The monoisotopic (exact) mass is 409 g/mol. The summed E-state index contributed by atoms with van der Waals surface area (Å²) in [4.78, 5) is 39.5. The van der Waals surface area contributed by atoms with E-state index < -0.39 is 0 Å². The summed E-state index contributed by atoms with van der Waals surface area (Å²) in [6.45, 7) is 4.87. The summed E-state index contributed by atoms with van der Waals surface area (Å²) in [7, 11) is 1.58. The molecule has 2 amide bonds. The molecule has 7 heteroatoms. The lowest BCUT2D eigenvalue weighted by molar-refractivity contribution is -0.119. The number of piperidine rings is 1. The second-order valence-electron chi connectivity index (χ2n) is 8.22. The fraction of sp³-hybridized carbons (Fsp3) is 0.435. The van der Waals surface area contributed by atoms with Crippen molar-refractivity contribution < 1.29 is 14.3 Å². The Bertz CT molecular complexity index is 1040. The van der Waals surface area contributed by atoms with Gasteiger partial charge in [0.1, 0.15) is 5.75 Å². The number of rotatable bonds is 4. The summed E-state index contributed by atoms with van der Waals surface area (Å²) < 4.78 is 7.32. The highest BCUT2D eigenvalue weighted by atomic mass is 16.5. The number of likely N-dealkylation sites (tertiary alicyclic amines) is 1. The number of methoxy groups -OCH3 is 1. The first-order valence-electron chi connectivity index (χ1n) is 10.3. The van der Waals surface area contributed by atoms with Gasteiger partial charge < -0.3 is 19.5 Å². The van der Waals surface area contributed by atoms with Crippen LogP contribution in [0.15, 0.2) is 41.2 Å². The van der Waals surface area contributed by atoms with Gasteiger partial charge in [0, 0.05) is 44.2 Å². The van der Waals surface area contributed by atoms with E-state index in [0.717, 1.165) is 17.7 Å². The highest BCUT2D eigenvalue weighted by molar-refractivity contribution is 5.97. The van der Waals surface area contributed by atoms with Gasteiger partial charge in [0.25, 0.3) is 11.5 Å². The number of fused-ring (bicyclic) bond motifs is 4. The van der Waals surface area contributed by atoms with Crippen molar-refractivity contribution in [3.8, 4) is 5.75 Å². The quantitative estimate of drug-likeness (QED) is 0.839. The van der Waals surface area contributed by atoms with Crippen LogP contribution in [0, 0.1) is 12.8 Å². The van der Waals surface area contributed by atoms with Crippen LogP contribution >= 0.6 is 0 Å². The van der Waals surface area contributed by atoms with Gasteiger partial charge in [-0.15, -0.1) is 0 Å². The van der Waals surface area contributed by atoms with Crippen molar-refractivity contribution in [3.05, 3.63) is 63.6 Å². The lowest BCUT2D eigenvalue weighted by Gasteiger charge is -2.47. The van der Waals surface area contributed by atoms with Crippen molar-refractivity contribution in [2.75, 3.05) is 26.7 Å². The summed E-state index contributed by atoms with van der Waals surface area (Å²) in [6, 6.07) is 10.7. The summed E-state index contributed by atoms with van der Waals surface area (Å²) in [5.74, 6) is 0.588. The SMILES string of the molecule is COc1c(C)cccc1C(=O)N1C[C@H]2C[C@@H](C1)[C@H](CNC(C)=O)n1c2cccc1=O. The predicted molar refractivity (Wildman–Crippen MR) is 113 cm³/mol. The second kappa shape index (κ2) is 7.97. The van der Waals surface area contributed by atoms with Crippen molar-refractivity contribution in [2.45, 2.75) is 32.2 Å². The van der Waals surface area contributed by atoms with Gasteiger partial charge in [0.2, 0.25) is 5.91 Å². The molecule has 1 N–H and O–H groups in total. The zero-order chi connectivity index (χ0) is 21.4. The van der Waals surface area contributed by atoms with Crippen molar-refractivity contribution in [2.24, 2.45) is 5.92 Å². The van der Waals surface area contributed by atoms with Gasteiger partial charge >= 0.3 is 0 Å². The molecular weight excluding hydrogens is 382 g/mol. The summed E-state index contributed by atoms with van der Waals surface area (Å²) in [6.07, 6.45) is 0.891. The van der Waals surface area contributed by atoms with Crippen LogP contribution in [0.1, 0.15) is 46.9 Å². The summed E-state index contributed by atoms with van der Waals surface area (Å²) in [5, 5.41) is 2.87. The maximum atomic E-state index is 13.4. The van der Waals surface area contributed by atoms with E-state index in [1.54, 1.807) is 25.3 Å². The third-order valence-corrected chi connectivity index (χ3v) is 6.29. The van der Waals surface area contributed by atoms with E-state index >= 15 is 0 Å². The summed E-state index contributed by atoms with van der Waals surface area (Å²) in [5.41, 5.74) is 2.35. The van der Waals surface area contributed by atoms with Crippen molar-refractivity contribution in [3.63, 3.8) is 0 Å². The third kappa shape index (κ3) is 3.49. The number of aromatic nitrogens is 1. The van der Waals surface area contributed by atoms with Crippen molar-refractivity contribution >= 4 is 11.8 Å². The lowest BCUT2D eigenvalue weighted by atomic mass is 9.78. The molecule has 1 saturated heterocycles. The molecular formula is C23H27N3O4. The molecule has 0 aliphatic carbocycles. The topological polar surface area (TPSA) is 80.6 Å². The molecule has 1 aromatic heterocycles. The number of nitrogens with one attached hydrogen (secondary N) is 1. The van der Waals surface area contributed by atoms with Crippen LogP contribution in [0.5, 0.6) is 5.75 Å². The number of hydrogen-bond donors (Lipinski definition) is 1. The van der Waals surface area contributed by atoms with E-state index in [9.17, 15) is 14.4 Å². The minimum absolute atomic E-state index is 0.0577. The van der Waals surface area contributed by atoms with Crippen LogP contribution in [0.25, 0.3) is 0 Å². The van der Waals surface area contributed by atoms with Crippen molar-refractivity contribution in [1.29, 1.82) is 0 Å². The molecule has 0 spiro atoms. The number of para-hydroxylation sites is 1. The Balaban J connectivity index is 1.69. The van der Waals surface area contributed by atoms with Crippen LogP contribution in [-0.2, 0) is 4.79 Å².